The number of esters is 2. The number of benzene rings is 3. The highest BCUT2D eigenvalue weighted by Crippen LogP contribution is 2.43. The average Bonchev–Trinajstić information content (AvgIpc) is 2.87. The molecule has 3 rings (SSSR count). The van der Waals surface area contributed by atoms with E-state index in [1.54, 1.807) is 0 Å². The van der Waals surface area contributed by atoms with Crippen molar-refractivity contribution in [2.75, 3.05) is 26.4 Å². The molecule has 0 unspecified atom stereocenters. The highest BCUT2D eigenvalue weighted by molar-refractivity contribution is 6.11. The molecule has 0 aliphatic rings. The highest BCUT2D eigenvalue weighted by atomic mass is 16.6. The average molecular weight is 495 g/mol. The number of hydrogen-bond acceptors (Lipinski definition) is 6. The number of unbranched alkanes of at least 4 members (excludes halogenated alkanes) is 2. The minimum absolute atomic E-state index is 0.194. The Bertz CT molecular complexity index is 1090. The molecule has 3 aromatic rings. The SMILES string of the molecule is CCCCC(=O)OCCOc1c2ccc(C)cc2c(OCCOC(=O)CCCC)c2ccc(C)cc12. The van der Waals surface area contributed by atoms with Gasteiger partial charge in [-0.1, -0.05) is 62.1 Å². The fraction of sp³-hybridized carbons (Fsp3) is 0.467. The Labute approximate surface area is 213 Å². The van der Waals surface area contributed by atoms with E-state index in [0.29, 0.717) is 12.8 Å². The molecule has 0 spiro atoms. The topological polar surface area (TPSA) is 71.1 Å². The van der Waals surface area contributed by atoms with Gasteiger partial charge in [0.15, 0.2) is 0 Å². The Morgan fingerprint density at radius 2 is 1.03 bits per heavy atom. The van der Waals surface area contributed by atoms with E-state index in [0.717, 1.165) is 69.9 Å². The molecule has 0 aliphatic heterocycles. The Morgan fingerprint density at radius 1 is 0.611 bits per heavy atom. The predicted molar refractivity (Wildman–Crippen MR) is 143 cm³/mol. The van der Waals surface area contributed by atoms with Crippen molar-refractivity contribution in [1.82, 2.24) is 0 Å². The number of ether oxygens (including phenoxy) is 4. The summed E-state index contributed by atoms with van der Waals surface area (Å²) >= 11 is 0. The van der Waals surface area contributed by atoms with Crippen LogP contribution in [0.1, 0.15) is 63.5 Å². The van der Waals surface area contributed by atoms with Gasteiger partial charge in [-0.25, -0.2) is 0 Å². The van der Waals surface area contributed by atoms with Crippen molar-refractivity contribution in [1.29, 1.82) is 0 Å². The molecule has 0 heterocycles. The maximum absolute atomic E-state index is 11.9. The largest absolute Gasteiger partial charge is 0.489 e. The Kier molecular flexibility index (Phi) is 10.4. The van der Waals surface area contributed by atoms with Crippen LogP contribution in [0.5, 0.6) is 11.5 Å². The van der Waals surface area contributed by atoms with Crippen molar-refractivity contribution < 1.29 is 28.5 Å². The third-order valence-electron chi connectivity index (χ3n) is 5.98. The lowest BCUT2D eigenvalue weighted by atomic mass is 9.98. The second-order valence-electron chi connectivity index (χ2n) is 9.10. The third kappa shape index (κ3) is 7.36. The summed E-state index contributed by atoms with van der Waals surface area (Å²) in [6.45, 7) is 9.09. The van der Waals surface area contributed by atoms with Gasteiger partial charge in [-0.05, 0) is 38.8 Å². The minimum Gasteiger partial charge on any atom is -0.489 e. The van der Waals surface area contributed by atoms with Crippen LogP contribution in [0, 0.1) is 13.8 Å². The first-order valence-electron chi connectivity index (χ1n) is 13.0. The summed E-state index contributed by atoms with van der Waals surface area (Å²) in [6.07, 6.45) is 4.43. The molecule has 0 N–H and O–H groups in total. The van der Waals surface area contributed by atoms with E-state index in [2.05, 4.69) is 12.1 Å². The van der Waals surface area contributed by atoms with Gasteiger partial charge < -0.3 is 18.9 Å². The van der Waals surface area contributed by atoms with Crippen LogP contribution < -0.4 is 9.47 Å². The number of fused-ring (bicyclic) bond motifs is 2. The van der Waals surface area contributed by atoms with Crippen molar-refractivity contribution in [2.24, 2.45) is 0 Å². The van der Waals surface area contributed by atoms with Crippen molar-refractivity contribution in [3.8, 4) is 11.5 Å². The molecule has 0 radical (unpaired) electrons. The second kappa shape index (κ2) is 13.7. The standard InChI is InChI=1S/C30H38O6/c1-5-7-9-27(31)33-15-17-35-29-23-13-11-22(4)20-26(23)30(24-14-12-21(3)19-25(24)29)36-18-16-34-28(32)10-8-6-2/h11-14,19-20H,5-10,15-18H2,1-4H3. The molecule has 0 saturated carbocycles. The molecule has 6 nitrogen and oxygen atoms in total. The number of hydrogen-bond donors (Lipinski definition) is 0. The number of carbonyl (C=O) groups is 2. The van der Waals surface area contributed by atoms with Gasteiger partial charge in [0.05, 0.1) is 0 Å². The second-order valence-corrected chi connectivity index (χ2v) is 9.10. The van der Waals surface area contributed by atoms with E-state index >= 15 is 0 Å². The van der Waals surface area contributed by atoms with E-state index in [4.69, 9.17) is 18.9 Å². The van der Waals surface area contributed by atoms with Crippen LogP contribution in [0.25, 0.3) is 21.5 Å². The molecule has 0 bridgehead atoms. The van der Waals surface area contributed by atoms with Crippen LogP contribution in [-0.4, -0.2) is 38.4 Å². The maximum Gasteiger partial charge on any atom is 0.305 e. The third-order valence-corrected chi connectivity index (χ3v) is 5.98. The van der Waals surface area contributed by atoms with Gasteiger partial charge in [0.1, 0.15) is 37.9 Å². The normalized spacial score (nSPS) is 11.0. The summed E-state index contributed by atoms with van der Waals surface area (Å²) in [7, 11) is 0. The van der Waals surface area contributed by atoms with Crippen molar-refractivity contribution in [2.45, 2.75) is 66.2 Å². The zero-order chi connectivity index (χ0) is 25.9. The summed E-state index contributed by atoms with van der Waals surface area (Å²) in [4.78, 5) is 23.7. The van der Waals surface area contributed by atoms with Crippen molar-refractivity contribution in [3.63, 3.8) is 0 Å². The summed E-state index contributed by atoms with van der Waals surface area (Å²) in [6, 6.07) is 12.3. The Morgan fingerprint density at radius 3 is 1.42 bits per heavy atom. The molecule has 0 fully saturated rings. The van der Waals surface area contributed by atoms with E-state index in [1.165, 1.54) is 0 Å². The first kappa shape index (κ1) is 27.3. The molecule has 0 amide bonds. The Balaban J connectivity index is 1.85. The minimum atomic E-state index is -0.194. The summed E-state index contributed by atoms with van der Waals surface area (Å²) in [5.41, 5.74) is 2.20. The first-order valence-corrected chi connectivity index (χ1v) is 13.0. The fourth-order valence-electron chi connectivity index (χ4n) is 4.07. The summed E-state index contributed by atoms with van der Waals surface area (Å²) in [5.74, 6) is 1.10. The van der Waals surface area contributed by atoms with Gasteiger partial charge in [-0.15, -0.1) is 0 Å². The molecular weight excluding hydrogens is 456 g/mol. The lowest BCUT2D eigenvalue weighted by Crippen LogP contribution is -2.13. The van der Waals surface area contributed by atoms with E-state index in [9.17, 15) is 9.59 Å². The molecular formula is C30H38O6. The van der Waals surface area contributed by atoms with E-state index in [1.807, 2.05) is 52.0 Å². The Hall–Kier alpha value is -3.28. The van der Waals surface area contributed by atoms with Gasteiger partial charge >= 0.3 is 11.9 Å². The van der Waals surface area contributed by atoms with E-state index < -0.39 is 0 Å². The molecule has 0 aliphatic carbocycles. The molecule has 194 valence electrons. The molecule has 3 aromatic carbocycles. The molecule has 0 atom stereocenters. The lowest BCUT2D eigenvalue weighted by Gasteiger charge is -2.19. The van der Waals surface area contributed by atoms with Crippen LogP contribution in [0.4, 0.5) is 0 Å². The van der Waals surface area contributed by atoms with Crippen LogP contribution in [0.2, 0.25) is 0 Å². The van der Waals surface area contributed by atoms with Crippen LogP contribution in [-0.2, 0) is 19.1 Å². The molecule has 6 heteroatoms. The van der Waals surface area contributed by atoms with Crippen molar-refractivity contribution in [3.05, 3.63) is 47.5 Å². The quantitative estimate of drug-likeness (QED) is 0.139. The highest BCUT2D eigenvalue weighted by Gasteiger charge is 2.17. The van der Waals surface area contributed by atoms with Gasteiger partial charge in [0.25, 0.3) is 0 Å². The predicted octanol–water partition coefficient (Wildman–Crippen LogP) is 6.83. The van der Waals surface area contributed by atoms with Crippen LogP contribution >= 0.6 is 0 Å². The zero-order valence-corrected chi connectivity index (χ0v) is 22.0. The molecule has 0 aromatic heterocycles. The van der Waals surface area contributed by atoms with Gasteiger partial charge in [0.2, 0.25) is 0 Å². The first-order chi connectivity index (χ1) is 17.4. The number of aryl methyl sites for hydroxylation is 2. The summed E-state index contributed by atoms with van der Waals surface area (Å²) in [5, 5.41) is 3.70. The zero-order valence-electron chi connectivity index (χ0n) is 22.0. The van der Waals surface area contributed by atoms with E-state index in [-0.39, 0.29) is 38.4 Å². The number of rotatable bonds is 14. The van der Waals surface area contributed by atoms with Gasteiger partial charge in [0, 0.05) is 34.4 Å². The van der Waals surface area contributed by atoms with Crippen molar-refractivity contribution >= 4 is 33.5 Å². The molecule has 0 saturated heterocycles. The van der Waals surface area contributed by atoms with Crippen LogP contribution in [0.3, 0.4) is 0 Å². The lowest BCUT2D eigenvalue weighted by molar-refractivity contribution is -0.145. The van der Waals surface area contributed by atoms with Gasteiger partial charge in [-0.2, -0.15) is 0 Å². The van der Waals surface area contributed by atoms with Crippen LogP contribution in [0.15, 0.2) is 36.4 Å². The monoisotopic (exact) mass is 494 g/mol. The maximum atomic E-state index is 11.9. The smallest absolute Gasteiger partial charge is 0.305 e. The number of carbonyl (C=O) groups excluding carboxylic acids is 2. The molecule has 36 heavy (non-hydrogen) atoms. The summed E-state index contributed by atoms with van der Waals surface area (Å²) < 4.78 is 23.1. The van der Waals surface area contributed by atoms with Gasteiger partial charge in [-0.3, -0.25) is 9.59 Å². The fourth-order valence-corrected chi connectivity index (χ4v) is 4.07.